The molecule has 0 aliphatic carbocycles. The van der Waals surface area contributed by atoms with Gasteiger partial charge in [-0.25, -0.2) is 4.98 Å². The van der Waals surface area contributed by atoms with Crippen LogP contribution in [0.2, 0.25) is 0 Å². The summed E-state index contributed by atoms with van der Waals surface area (Å²) in [7, 11) is 1.62. The van der Waals surface area contributed by atoms with Crippen molar-refractivity contribution in [2.75, 3.05) is 37.9 Å². The van der Waals surface area contributed by atoms with Crippen molar-refractivity contribution in [3.63, 3.8) is 0 Å². The number of amides is 1. The highest BCUT2D eigenvalue weighted by Gasteiger charge is 2.15. The van der Waals surface area contributed by atoms with Crippen LogP contribution in [0.4, 0.5) is 10.9 Å². The summed E-state index contributed by atoms with van der Waals surface area (Å²) in [6.07, 6.45) is 3.31. The smallest absolute Gasteiger partial charge is 0.265 e. The number of methoxy groups -OCH3 is 1. The van der Waals surface area contributed by atoms with E-state index in [2.05, 4.69) is 25.9 Å². The molecule has 0 unspecified atom stereocenters. The lowest BCUT2D eigenvalue weighted by atomic mass is 10.4. The van der Waals surface area contributed by atoms with Gasteiger partial charge in [-0.1, -0.05) is 16.6 Å². The van der Waals surface area contributed by atoms with E-state index in [1.165, 1.54) is 11.3 Å². The number of hydrogen-bond donors (Lipinski definition) is 3. The third kappa shape index (κ3) is 4.39. The number of ether oxygens (including phenoxy) is 1. The molecule has 0 spiro atoms. The van der Waals surface area contributed by atoms with Crippen LogP contribution in [0.3, 0.4) is 0 Å². The molecule has 0 radical (unpaired) electrons. The van der Waals surface area contributed by atoms with Gasteiger partial charge in [0, 0.05) is 26.4 Å². The molecule has 2 heterocycles. The fraction of sp³-hybridized carbons (Fsp3) is 0.455. The maximum Gasteiger partial charge on any atom is 0.265 e. The Morgan fingerprint density at radius 3 is 3.10 bits per heavy atom. The number of nitrogens with zero attached hydrogens (tertiary/aromatic N) is 4. The number of aromatic nitrogens is 4. The molecule has 1 amide bonds. The lowest BCUT2D eigenvalue weighted by molar-refractivity contribution is 0.0956. The number of nitrogen functional groups attached to an aromatic ring is 1. The number of nitrogens with one attached hydrogen (secondary N) is 2. The van der Waals surface area contributed by atoms with E-state index in [4.69, 9.17) is 10.5 Å². The number of thiazole rings is 1. The van der Waals surface area contributed by atoms with Crippen LogP contribution >= 0.6 is 11.3 Å². The quantitative estimate of drug-likeness (QED) is 0.578. The standard InChI is InChI=1S/C11H17N7O2S/c1-20-7-4-14-11-16-9(12)8(21-11)10(19)13-2-5-18-6-3-15-17-18/h3,6H,2,4-5,7,12H2,1H3,(H,13,19)(H,14,16). The van der Waals surface area contributed by atoms with Crippen LogP contribution in [-0.4, -0.2) is 52.7 Å². The molecule has 0 saturated heterocycles. The Bertz CT molecular complexity index is 569. The van der Waals surface area contributed by atoms with Gasteiger partial charge < -0.3 is 21.1 Å². The molecule has 0 aliphatic heterocycles. The maximum atomic E-state index is 12.0. The minimum absolute atomic E-state index is 0.221. The Morgan fingerprint density at radius 2 is 2.38 bits per heavy atom. The minimum Gasteiger partial charge on any atom is -0.383 e. The first-order valence-corrected chi connectivity index (χ1v) is 7.13. The lowest BCUT2D eigenvalue weighted by Gasteiger charge is -2.03. The predicted octanol–water partition coefficient (Wildman–Crippen LogP) is -0.195. The van der Waals surface area contributed by atoms with Gasteiger partial charge in [-0.2, -0.15) is 0 Å². The summed E-state index contributed by atoms with van der Waals surface area (Å²) in [6.45, 7) is 2.14. The highest BCUT2D eigenvalue weighted by molar-refractivity contribution is 7.18. The van der Waals surface area contributed by atoms with Gasteiger partial charge in [-0.15, -0.1) is 5.10 Å². The van der Waals surface area contributed by atoms with Gasteiger partial charge in [0.1, 0.15) is 10.7 Å². The van der Waals surface area contributed by atoms with Gasteiger partial charge >= 0.3 is 0 Å². The zero-order valence-electron chi connectivity index (χ0n) is 11.6. The molecule has 2 rings (SSSR count). The Kier molecular flexibility index (Phi) is 5.46. The summed E-state index contributed by atoms with van der Waals surface area (Å²) < 4.78 is 6.56. The number of hydrogen-bond acceptors (Lipinski definition) is 8. The molecule has 114 valence electrons. The fourth-order valence-electron chi connectivity index (χ4n) is 1.55. The van der Waals surface area contributed by atoms with Crippen molar-refractivity contribution in [2.45, 2.75) is 6.54 Å². The SMILES string of the molecule is COCCNc1nc(N)c(C(=O)NCCn2ccnn2)s1. The summed E-state index contributed by atoms with van der Waals surface area (Å²) in [5.41, 5.74) is 5.75. The Hall–Kier alpha value is -2.20. The summed E-state index contributed by atoms with van der Waals surface area (Å²) in [5.74, 6) is -0.0249. The second-order valence-corrected chi connectivity index (χ2v) is 5.07. The van der Waals surface area contributed by atoms with E-state index in [-0.39, 0.29) is 11.7 Å². The molecular weight excluding hydrogens is 294 g/mol. The van der Waals surface area contributed by atoms with Crippen LogP contribution in [0.5, 0.6) is 0 Å². The molecule has 2 aromatic heterocycles. The number of carbonyl (C=O) groups excluding carboxylic acids is 1. The van der Waals surface area contributed by atoms with Gasteiger partial charge in [-0.3, -0.25) is 9.48 Å². The molecule has 0 bridgehead atoms. The summed E-state index contributed by atoms with van der Waals surface area (Å²) in [6, 6.07) is 0. The number of anilines is 2. The van der Waals surface area contributed by atoms with Gasteiger partial charge in [0.2, 0.25) is 0 Å². The summed E-state index contributed by atoms with van der Waals surface area (Å²) in [4.78, 5) is 16.5. The molecule has 4 N–H and O–H groups in total. The maximum absolute atomic E-state index is 12.0. The molecule has 0 aliphatic rings. The first kappa shape index (κ1) is 15.2. The monoisotopic (exact) mass is 311 g/mol. The van der Waals surface area contributed by atoms with E-state index in [1.54, 1.807) is 24.2 Å². The molecule has 2 aromatic rings. The average molecular weight is 311 g/mol. The van der Waals surface area contributed by atoms with Gasteiger partial charge in [0.15, 0.2) is 5.13 Å². The van der Waals surface area contributed by atoms with E-state index >= 15 is 0 Å². The van der Waals surface area contributed by atoms with Crippen molar-refractivity contribution < 1.29 is 9.53 Å². The molecule has 10 heteroatoms. The predicted molar refractivity (Wildman–Crippen MR) is 79.2 cm³/mol. The van der Waals surface area contributed by atoms with Gasteiger partial charge in [0.25, 0.3) is 5.91 Å². The number of nitrogens with two attached hydrogens (primary N) is 1. The van der Waals surface area contributed by atoms with Crippen molar-refractivity contribution in [3.05, 3.63) is 17.3 Å². The van der Waals surface area contributed by atoms with Gasteiger partial charge in [-0.05, 0) is 0 Å². The lowest BCUT2D eigenvalue weighted by Crippen LogP contribution is -2.27. The van der Waals surface area contributed by atoms with E-state index in [0.717, 1.165) is 0 Å². The Labute approximate surface area is 125 Å². The largest absolute Gasteiger partial charge is 0.383 e. The zero-order chi connectivity index (χ0) is 15.1. The highest BCUT2D eigenvalue weighted by atomic mass is 32.1. The van der Waals surface area contributed by atoms with Crippen molar-refractivity contribution in [3.8, 4) is 0 Å². The second-order valence-electron chi connectivity index (χ2n) is 4.07. The zero-order valence-corrected chi connectivity index (χ0v) is 12.4. The molecule has 0 aromatic carbocycles. The van der Waals surface area contributed by atoms with Crippen molar-refractivity contribution >= 4 is 28.2 Å². The molecule has 0 fully saturated rings. The van der Waals surface area contributed by atoms with Crippen LogP contribution in [0.25, 0.3) is 0 Å². The minimum atomic E-state index is -0.245. The summed E-state index contributed by atoms with van der Waals surface area (Å²) >= 11 is 1.22. The van der Waals surface area contributed by atoms with E-state index in [0.29, 0.717) is 36.2 Å². The third-order valence-corrected chi connectivity index (χ3v) is 3.57. The topological polar surface area (TPSA) is 120 Å². The van der Waals surface area contributed by atoms with Crippen LogP contribution in [-0.2, 0) is 11.3 Å². The molecule has 0 saturated carbocycles. The Morgan fingerprint density at radius 1 is 1.52 bits per heavy atom. The number of carbonyl (C=O) groups is 1. The molecule has 0 atom stereocenters. The average Bonchev–Trinajstić information content (AvgIpc) is 3.09. The van der Waals surface area contributed by atoms with Crippen molar-refractivity contribution in [1.29, 1.82) is 0 Å². The molecule has 21 heavy (non-hydrogen) atoms. The van der Waals surface area contributed by atoms with Crippen LogP contribution in [0.1, 0.15) is 9.67 Å². The molecule has 9 nitrogen and oxygen atoms in total. The van der Waals surface area contributed by atoms with Crippen LogP contribution < -0.4 is 16.4 Å². The van der Waals surface area contributed by atoms with Crippen LogP contribution in [0, 0.1) is 0 Å². The highest BCUT2D eigenvalue weighted by Crippen LogP contribution is 2.24. The van der Waals surface area contributed by atoms with E-state index < -0.39 is 0 Å². The van der Waals surface area contributed by atoms with E-state index in [1.807, 2.05) is 0 Å². The first-order valence-electron chi connectivity index (χ1n) is 6.32. The van der Waals surface area contributed by atoms with Crippen molar-refractivity contribution in [2.24, 2.45) is 0 Å². The Balaban J connectivity index is 1.83. The van der Waals surface area contributed by atoms with Crippen LogP contribution in [0.15, 0.2) is 12.4 Å². The van der Waals surface area contributed by atoms with Gasteiger partial charge in [0.05, 0.1) is 19.3 Å². The normalized spacial score (nSPS) is 10.5. The second kappa shape index (κ2) is 7.55. The summed E-state index contributed by atoms with van der Waals surface area (Å²) in [5, 5.41) is 13.9. The van der Waals surface area contributed by atoms with Crippen molar-refractivity contribution in [1.82, 2.24) is 25.3 Å². The van der Waals surface area contributed by atoms with E-state index in [9.17, 15) is 4.79 Å². The third-order valence-electron chi connectivity index (χ3n) is 2.54. The fourth-order valence-corrected chi connectivity index (χ4v) is 2.37. The number of rotatable bonds is 8. The molecular formula is C11H17N7O2S. The first-order chi connectivity index (χ1) is 10.2.